The van der Waals surface area contributed by atoms with Crippen molar-refractivity contribution in [3.8, 4) is 11.5 Å². The van der Waals surface area contributed by atoms with Gasteiger partial charge >= 0.3 is 5.97 Å². The zero-order chi connectivity index (χ0) is 21.7. The topological polar surface area (TPSA) is 88.4 Å². The quantitative estimate of drug-likeness (QED) is 0.530. The number of amides is 1. The van der Waals surface area contributed by atoms with Crippen LogP contribution in [0.1, 0.15) is 15.9 Å². The Bertz CT molecular complexity index is 1040. The molecule has 1 amide bonds. The van der Waals surface area contributed by atoms with Gasteiger partial charge in [0, 0.05) is 6.54 Å². The number of carboxylic acids is 1. The molecule has 1 fully saturated rings. The Morgan fingerprint density at radius 1 is 1.17 bits per heavy atom. The van der Waals surface area contributed by atoms with Gasteiger partial charge in [-0.05, 0) is 59.8 Å². The third-order valence-corrected chi connectivity index (χ3v) is 5.25. The Morgan fingerprint density at radius 2 is 1.87 bits per heavy atom. The van der Waals surface area contributed by atoms with Gasteiger partial charge in [0.25, 0.3) is 5.91 Å². The number of thioether (sulfide) groups is 1. The molecule has 0 bridgehead atoms. The molecule has 154 valence electrons. The molecule has 1 aliphatic heterocycles. The molecule has 2 aromatic carbocycles. The maximum atomic E-state index is 12.9. The molecule has 2 aromatic rings. The summed E-state index contributed by atoms with van der Waals surface area (Å²) in [5, 5.41) is 9.52. The van der Waals surface area contributed by atoms with Gasteiger partial charge in [-0.25, -0.2) is 9.79 Å². The summed E-state index contributed by atoms with van der Waals surface area (Å²) in [6.07, 6.45) is 3.39. The monoisotopic (exact) mass is 424 g/mol. The van der Waals surface area contributed by atoms with Gasteiger partial charge in [0.15, 0.2) is 16.7 Å². The summed E-state index contributed by atoms with van der Waals surface area (Å²) in [4.78, 5) is 30.5. The number of carbonyl (C=O) groups excluding carboxylic acids is 1. The van der Waals surface area contributed by atoms with Crippen molar-refractivity contribution in [2.24, 2.45) is 4.99 Å². The number of carboxylic acid groups (broad SMARTS) is 1. The fraction of sp³-hybridized carbons (Fsp3) is 0.136. The number of ether oxygens (including phenoxy) is 2. The van der Waals surface area contributed by atoms with E-state index in [2.05, 4.69) is 11.6 Å². The Balaban J connectivity index is 1.93. The van der Waals surface area contributed by atoms with Crippen molar-refractivity contribution >= 4 is 40.6 Å². The van der Waals surface area contributed by atoms with Crippen molar-refractivity contribution in [1.82, 2.24) is 4.90 Å². The lowest BCUT2D eigenvalue weighted by Gasteiger charge is -2.12. The van der Waals surface area contributed by atoms with Crippen LogP contribution in [0, 0.1) is 0 Å². The van der Waals surface area contributed by atoms with Crippen LogP contribution in [0.2, 0.25) is 0 Å². The first-order valence-electron chi connectivity index (χ1n) is 8.93. The molecule has 1 saturated heterocycles. The van der Waals surface area contributed by atoms with Crippen LogP contribution in [0.5, 0.6) is 11.5 Å². The van der Waals surface area contributed by atoms with Crippen LogP contribution in [0.25, 0.3) is 6.08 Å². The van der Waals surface area contributed by atoms with Crippen molar-refractivity contribution in [1.29, 1.82) is 0 Å². The Labute approximate surface area is 178 Å². The van der Waals surface area contributed by atoms with Gasteiger partial charge in [0.2, 0.25) is 0 Å². The molecule has 0 radical (unpaired) electrons. The summed E-state index contributed by atoms with van der Waals surface area (Å²) >= 11 is 1.24. The second kappa shape index (κ2) is 9.32. The number of hydrogen-bond donors (Lipinski definition) is 1. The summed E-state index contributed by atoms with van der Waals surface area (Å²) < 4.78 is 10.6. The number of aromatic carboxylic acids is 1. The van der Waals surface area contributed by atoms with Crippen molar-refractivity contribution in [2.45, 2.75) is 0 Å². The largest absolute Gasteiger partial charge is 0.493 e. The lowest BCUT2D eigenvalue weighted by Crippen LogP contribution is -2.29. The minimum absolute atomic E-state index is 0.172. The molecule has 0 atom stereocenters. The highest BCUT2D eigenvalue weighted by Crippen LogP contribution is 2.35. The molecule has 0 aliphatic carbocycles. The predicted molar refractivity (Wildman–Crippen MR) is 118 cm³/mol. The minimum Gasteiger partial charge on any atom is -0.493 e. The summed E-state index contributed by atoms with van der Waals surface area (Å²) in [6.45, 7) is 4.02. The van der Waals surface area contributed by atoms with Gasteiger partial charge in [-0.1, -0.05) is 12.1 Å². The van der Waals surface area contributed by atoms with Gasteiger partial charge in [-0.3, -0.25) is 9.69 Å². The van der Waals surface area contributed by atoms with Crippen LogP contribution < -0.4 is 9.47 Å². The van der Waals surface area contributed by atoms with Gasteiger partial charge in [0.05, 0.1) is 30.4 Å². The molecule has 3 rings (SSSR count). The van der Waals surface area contributed by atoms with Crippen molar-refractivity contribution in [3.05, 3.63) is 71.2 Å². The highest BCUT2D eigenvalue weighted by molar-refractivity contribution is 8.18. The Kier molecular flexibility index (Phi) is 6.58. The van der Waals surface area contributed by atoms with Crippen molar-refractivity contribution in [2.75, 3.05) is 20.8 Å². The number of nitrogens with zero attached hydrogens (tertiary/aromatic N) is 2. The molecule has 0 spiro atoms. The van der Waals surface area contributed by atoms with E-state index in [1.807, 2.05) is 6.07 Å². The lowest BCUT2D eigenvalue weighted by molar-refractivity contribution is -0.121. The average molecular weight is 424 g/mol. The van der Waals surface area contributed by atoms with Crippen LogP contribution in [-0.4, -0.2) is 47.8 Å². The van der Waals surface area contributed by atoms with Crippen LogP contribution in [0.15, 0.2) is 65.0 Å². The number of benzene rings is 2. The first-order valence-corrected chi connectivity index (χ1v) is 9.75. The molecular weight excluding hydrogens is 404 g/mol. The van der Waals surface area contributed by atoms with E-state index in [1.54, 1.807) is 50.6 Å². The van der Waals surface area contributed by atoms with E-state index < -0.39 is 5.97 Å². The summed E-state index contributed by atoms with van der Waals surface area (Å²) in [7, 11) is 3.11. The van der Waals surface area contributed by atoms with Crippen molar-refractivity contribution in [3.63, 3.8) is 0 Å². The van der Waals surface area contributed by atoms with E-state index in [-0.39, 0.29) is 11.5 Å². The lowest BCUT2D eigenvalue weighted by atomic mass is 10.2. The molecule has 0 aromatic heterocycles. The molecule has 1 N–H and O–H groups in total. The summed E-state index contributed by atoms with van der Waals surface area (Å²) in [5.74, 6) is -0.0216. The molecule has 1 heterocycles. The standard InChI is InChI=1S/C22H20N2O5S/c1-4-11-24-20(25)19(13-14-5-10-17(28-2)18(12-14)29-3)30-22(24)23-16-8-6-15(7-9-16)21(26)27/h4-10,12-13H,1,11H2,2-3H3,(H,26,27). The highest BCUT2D eigenvalue weighted by Gasteiger charge is 2.32. The van der Waals surface area contributed by atoms with Crippen LogP contribution in [0.3, 0.4) is 0 Å². The number of carbonyl (C=O) groups is 2. The maximum absolute atomic E-state index is 12.9. The molecule has 7 nitrogen and oxygen atoms in total. The molecule has 8 heteroatoms. The van der Waals surface area contributed by atoms with Crippen LogP contribution >= 0.6 is 11.8 Å². The normalized spacial score (nSPS) is 16.2. The third kappa shape index (κ3) is 4.55. The first-order chi connectivity index (χ1) is 14.5. The molecular formula is C22H20N2O5S. The second-order valence-electron chi connectivity index (χ2n) is 6.18. The number of amidine groups is 1. The van der Waals surface area contributed by atoms with E-state index in [0.29, 0.717) is 33.8 Å². The number of aliphatic imine (C=N–C) groups is 1. The van der Waals surface area contributed by atoms with E-state index in [1.165, 1.54) is 28.8 Å². The maximum Gasteiger partial charge on any atom is 0.335 e. The van der Waals surface area contributed by atoms with Gasteiger partial charge in [-0.15, -0.1) is 6.58 Å². The van der Waals surface area contributed by atoms with E-state index in [4.69, 9.17) is 14.6 Å². The highest BCUT2D eigenvalue weighted by atomic mass is 32.2. The van der Waals surface area contributed by atoms with Crippen molar-refractivity contribution < 1.29 is 24.2 Å². The summed E-state index contributed by atoms with van der Waals surface area (Å²) in [5.41, 5.74) is 1.51. The van der Waals surface area contributed by atoms with E-state index in [0.717, 1.165) is 5.56 Å². The molecule has 30 heavy (non-hydrogen) atoms. The van der Waals surface area contributed by atoms with Gasteiger partial charge in [0.1, 0.15) is 0 Å². The SMILES string of the molecule is C=CCN1C(=O)C(=Cc2ccc(OC)c(OC)c2)SC1=Nc1ccc(C(=O)O)cc1. The fourth-order valence-electron chi connectivity index (χ4n) is 2.76. The molecule has 1 aliphatic rings. The molecule has 0 saturated carbocycles. The van der Waals surface area contributed by atoms with Gasteiger partial charge < -0.3 is 14.6 Å². The van der Waals surface area contributed by atoms with Gasteiger partial charge in [-0.2, -0.15) is 0 Å². The van der Waals surface area contributed by atoms with Crippen LogP contribution in [-0.2, 0) is 4.79 Å². The van der Waals surface area contributed by atoms with E-state index >= 15 is 0 Å². The Hall–Kier alpha value is -3.52. The fourth-order valence-corrected chi connectivity index (χ4v) is 3.77. The van der Waals surface area contributed by atoms with Crippen LogP contribution in [0.4, 0.5) is 5.69 Å². The number of rotatable bonds is 7. The summed E-state index contributed by atoms with van der Waals surface area (Å²) in [6, 6.07) is 11.5. The van der Waals surface area contributed by atoms with E-state index in [9.17, 15) is 9.59 Å². The average Bonchev–Trinajstić information content (AvgIpc) is 3.03. The number of methoxy groups -OCH3 is 2. The molecule has 0 unspecified atom stereocenters. The predicted octanol–water partition coefficient (Wildman–Crippen LogP) is 4.19. The first kappa shape index (κ1) is 21.2. The Morgan fingerprint density at radius 3 is 2.47 bits per heavy atom. The zero-order valence-corrected chi connectivity index (χ0v) is 17.3. The zero-order valence-electron chi connectivity index (χ0n) is 16.5. The second-order valence-corrected chi connectivity index (χ2v) is 7.19. The number of hydrogen-bond acceptors (Lipinski definition) is 6. The minimum atomic E-state index is -1.01. The smallest absolute Gasteiger partial charge is 0.335 e. The third-order valence-electron chi connectivity index (χ3n) is 4.24.